The molecule has 1 heterocycles. The van der Waals surface area contributed by atoms with Crippen LogP contribution in [0.4, 0.5) is 0 Å². The highest BCUT2D eigenvalue weighted by Crippen LogP contribution is 2.11. The molecule has 178 valence electrons. The normalized spacial score (nSPS) is 20.7. The van der Waals surface area contributed by atoms with E-state index in [1.807, 2.05) is 13.2 Å². The Morgan fingerprint density at radius 1 is 1.10 bits per heavy atom. The molecule has 0 aromatic carbocycles. The summed E-state index contributed by atoms with van der Waals surface area (Å²) in [6.07, 6.45) is 2.96. The number of nitrogens with one attached hydrogen (secondary N) is 4. The van der Waals surface area contributed by atoms with E-state index in [9.17, 15) is 29.4 Å². The Bertz CT molecular complexity index is 627. The standard InChI is InChI=1S/C20H36N4O6S/c1-5-11(2)15(18(27)22-14(20(29)30)8-10-31-4)23-19(28)16(12(3)25)24-17(26)13-7-6-9-21-13/h11-16,21,25H,5-10H2,1-4H3,(H,22,27)(H,23,28)(H,24,26)(H,29,30). The van der Waals surface area contributed by atoms with Crippen LogP contribution >= 0.6 is 11.8 Å². The van der Waals surface area contributed by atoms with Crippen molar-refractivity contribution in [2.75, 3.05) is 18.6 Å². The van der Waals surface area contributed by atoms with Crippen molar-refractivity contribution in [2.24, 2.45) is 5.92 Å². The molecule has 0 radical (unpaired) electrons. The zero-order valence-electron chi connectivity index (χ0n) is 18.6. The molecule has 0 aromatic rings. The molecule has 0 spiro atoms. The molecule has 1 rings (SSSR count). The summed E-state index contributed by atoms with van der Waals surface area (Å²) in [6.45, 7) is 5.70. The molecule has 0 aromatic heterocycles. The van der Waals surface area contributed by atoms with E-state index in [4.69, 9.17) is 0 Å². The maximum Gasteiger partial charge on any atom is 0.326 e. The van der Waals surface area contributed by atoms with Crippen molar-refractivity contribution in [1.82, 2.24) is 21.3 Å². The number of hydrogen-bond donors (Lipinski definition) is 6. The lowest BCUT2D eigenvalue weighted by Crippen LogP contribution is -2.60. The van der Waals surface area contributed by atoms with Crippen LogP contribution in [0.15, 0.2) is 0 Å². The van der Waals surface area contributed by atoms with Gasteiger partial charge in [0.1, 0.15) is 18.1 Å². The first-order valence-electron chi connectivity index (χ1n) is 10.7. The van der Waals surface area contributed by atoms with Crippen molar-refractivity contribution < 1.29 is 29.4 Å². The summed E-state index contributed by atoms with van der Waals surface area (Å²) in [5.74, 6) is -2.56. The SMILES string of the molecule is CCC(C)C(NC(=O)C(NC(=O)C1CCCN1)C(C)O)C(=O)NC(CCSC)C(=O)O. The van der Waals surface area contributed by atoms with Gasteiger partial charge in [0, 0.05) is 0 Å². The Morgan fingerprint density at radius 2 is 1.74 bits per heavy atom. The molecule has 1 aliphatic rings. The van der Waals surface area contributed by atoms with Crippen LogP contribution in [0.1, 0.15) is 46.5 Å². The second-order valence-corrected chi connectivity index (χ2v) is 8.91. The third kappa shape index (κ3) is 8.66. The largest absolute Gasteiger partial charge is 0.480 e. The number of carboxylic acid groups (broad SMARTS) is 1. The van der Waals surface area contributed by atoms with E-state index in [-0.39, 0.29) is 18.2 Å². The maximum atomic E-state index is 12.9. The monoisotopic (exact) mass is 460 g/mol. The predicted octanol–water partition coefficient (Wildman–Crippen LogP) is -0.543. The summed E-state index contributed by atoms with van der Waals surface area (Å²) in [4.78, 5) is 49.5. The number of thioether (sulfide) groups is 1. The van der Waals surface area contributed by atoms with Crippen molar-refractivity contribution >= 4 is 35.5 Å². The Balaban J connectivity index is 2.89. The van der Waals surface area contributed by atoms with E-state index >= 15 is 0 Å². The van der Waals surface area contributed by atoms with Crippen LogP contribution in [-0.4, -0.2) is 82.7 Å². The smallest absolute Gasteiger partial charge is 0.326 e. The molecule has 6 unspecified atom stereocenters. The van der Waals surface area contributed by atoms with E-state index in [0.717, 1.165) is 6.42 Å². The first-order valence-corrected chi connectivity index (χ1v) is 12.1. The average Bonchev–Trinajstić information content (AvgIpc) is 3.26. The first kappa shape index (κ1) is 27.2. The lowest BCUT2D eigenvalue weighted by molar-refractivity contribution is -0.142. The number of carbonyl (C=O) groups is 4. The molecule has 6 N–H and O–H groups in total. The van der Waals surface area contributed by atoms with Crippen LogP contribution in [0.2, 0.25) is 0 Å². The van der Waals surface area contributed by atoms with Crippen LogP contribution in [0.3, 0.4) is 0 Å². The van der Waals surface area contributed by atoms with E-state index in [1.165, 1.54) is 18.7 Å². The molecule has 10 nitrogen and oxygen atoms in total. The van der Waals surface area contributed by atoms with Crippen molar-refractivity contribution in [3.63, 3.8) is 0 Å². The molecule has 1 saturated heterocycles. The van der Waals surface area contributed by atoms with Gasteiger partial charge in [0.15, 0.2) is 0 Å². The highest BCUT2D eigenvalue weighted by Gasteiger charge is 2.35. The van der Waals surface area contributed by atoms with E-state index in [0.29, 0.717) is 25.1 Å². The zero-order chi connectivity index (χ0) is 23.6. The quantitative estimate of drug-likeness (QED) is 0.214. The Labute approximate surface area is 187 Å². The molecule has 0 bridgehead atoms. The minimum atomic E-state index is -1.24. The number of aliphatic hydroxyl groups excluding tert-OH is 1. The molecular formula is C20H36N4O6S. The zero-order valence-corrected chi connectivity index (χ0v) is 19.5. The minimum Gasteiger partial charge on any atom is -0.480 e. The summed E-state index contributed by atoms with van der Waals surface area (Å²) in [7, 11) is 0. The third-order valence-corrected chi connectivity index (χ3v) is 6.10. The summed E-state index contributed by atoms with van der Waals surface area (Å²) in [6, 6.07) is -3.73. The van der Waals surface area contributed by atoms with Gasteiger partial charge in [-0.25, -0.2) is 4.79 Å². The van der Waals surface area contributed by atoms with Crippen LogP contribution in [0.25, 0.3) is 0 Å². The molecular weight excluding hydrogens is 424 g/mol. The number of amides is 3. The third-order valence-electron chi connectivity index (χ3n) is 5.46. The number of carboxylic acids is 1. The molecule has 3 amide bonds. The summed E-state index contributed by atoms with van der Waals surface area (Å²) in [5.41, 5.74) is 0. The minimum absolute atomic E-state index is 0.254. The molecule has 6 atom stereocenters. The van der Waals surface area contributed by atoms with Crippen LogP contribution in [-0.2, 0) is 19.2 Å². The van der Waals surface area contributed by atoms with E-state index in [2.05, 4.69) is 21.3 Å². The topological polar surface area (TPSA) is 157 Å². The molecule has 1 fully saturated rings. The van der Waals surface area contributed by atoms with Crippen LogP contribution in [0.5, 0.6) is 0 Å². The fourth-order valence-corrected chi connectivity index (χ4v) is 3.74. The van der Waals surface area contributed by atoms with Crippen molar-refractivity contribution in [1.29, 1.82) is 0 Å². The van der Waals surface area contributed by atoms with Gasteiger partial charge in [-0.15, -0.1) is 0 Å². The number of hydrogen-bond acceptors (Lipinski definition) is 7. The van der Waals surface area contributed by atoms with Crippen LogP contribution < -0.4 is 21.3 Å². The van der Waals surface area contributed by atoms with Gasteiger partial charge in [-0.1, -0.05) is 20.3 Å². The Hall–Kier alpha value is -1.85. The van der Waals surface area contributed by atoms with Gasteiger partial charge < -0.3 is 31.5 Å². The molecule has 0 saturated carbocycles. The number of rotatable bonds is 13. The van der Waals surface area contributed by atoms with Gasteiger partial charge in [0.05, 0.1) is 12.1 Å². The van der Waals surface area contributed by atoms with Crippen molar-refractivity contribution in [3.8, 4) is 0 Å². The fraction of sp³-hybridized carbons (Fsp3) is 0.800. The summed E-state index contributed by atoms with van der Waals surface area (Å²) < 4.78 is 0. The number of carbonyl (C=O) groups excluding carboxylic acids is 3. The molecule has 11 heteroatoms. The second-order valence-electron chi connectivity index (χ2n) is 7.93. The number of aliphatic hydroxyl groups is 1. The van der Waals surface area contributed by atoms with Gasteiger partial charge in [0.2, 0.25) is 17.7 Å². The van der Waals surface area contributed by atoms with Crippen LogP contribution in [0, 0.1) is 5.92 Å². The van der Waals surface area contributed by atoms with Crippen molar-refractivity contribution in [2.45, 2.75) is 76.7 Å². The summed E-state index contributed by atoms with van der Waals surface area (Å²) >= 11 is 1.47. The first-order chi connectivity index (χ1) is 14.6. The molecule has 0 aliphatic carbocycles. The van der Waals surface area contributed by atoms with E-state index in [1.54, 1.807) is 6.92 Å². The van der Waals surface area contributed by atoms with Crippen molar-refractivity contribution in [3.05, 3.63) is 0 Å². The highest BCUT2D eigenvalue weighted by molar-refractivity contribution is 7.98. The summed E-state index contributed by atoms with van der Waals surface area (Å²) in [5, 5.41) is 30.1. The number of aliphatic carboxylic acids is 1. The van der Waals surface area contributed by atoms with Gasteiger partial charge in [-0.2, -0.15) is 11.8 Å². The fourth-order valence-electron chi connectivity index (χ4n) is 3.27. The Morgan fingerprint density at radius 3 is 2.23 bits per heavy atom. The molecule has 31 heavy (non-hydrogen) atoms. The maximum absolute atomic E-state index is 12.9. The lowest BCUT2D eigenvalue weighted by Gasteiger charge is -2.29. The predicted molar refractivity (Wildman–Crippen MR) is 119 cm³/mol. The van der Waals surface area contributed by atoms with Gasteiger partial charge in [0.25, 0.3) is 0 Å². The second kappa shape index (κ2) is 13.5. The van der Waals surface area contributed by atoms with Gasteiger partial charge in [-0.3, -0.25) is 14.4 Å². The Kier molecular flexibility index (Phi) is 11.9. The van der Waals surface area contributed by atoms with E-state index < -0.39 is 48.1 Å². The highest BCUT2D eigenvalue weighted by atomic mass is 32.2. The van der Waals surface area contributed by atoms with Gasteiger partial charge in [-0.05, 0) is 50.7 Å². The average molecular weight is 461 g/mol. The molecule has 1 aliphatic heterocycles. The lowest BCUT2D eigenvalue weighted by atomic mass is 9.97. The van der Waals surface area contributed by atoms with Gasteiger partial charge >= 0.3 is 5.97 Å².